The third-order valence-corrected chi connectivity index (χ3v) is 4.19. The molecule has 0 spiro atoms. The molecule has 1 aliphatic rings. The molecule has 1 aromatic heterocycles. The molecule has 0 bridgehead atoms. The van der Waals surface area contributed by atoms with Gasteiger partial charge in [0.05, 0.1) is 13.2 Å². The summed E-state index contributed by atoms with van der Waals surface area (Å²) in [5.74, 6) is 0.699. The van der Waals surface area contributed by atoms with Gasteiger partial charge in [0, 0.05) is 6.20 Å². The Hall–Kier alpha value is -1.46. The van der Waals surface area contributed by atoms with Gasteiger partial charge in [0.2, 0.25) is 0 Å². The molecule has 1 unspecified atom stereocenters. The molecule has 20 heavy (non-hydrogen) atoms. The lowest BCUT2D eigenvalue weighted by Gasteiger charge is -2.27. The fourth-order valence-corrected chi connectivity index (χ4v) is 2.88. The number of aryl methyl sites for hydroxylation is 1. The van der Waals surface area contributed by atoms with Gasteiger partial charge in [-0.25, -0.2) is 4.98 Å². The average Bonchev–Trinajstić information content (AvgIpc) is 2.48. The molecule has 104 valence electrons. The first-order valence-electron chi connectivity index (χ1n) is 6.58. The number of rotatable bonds is 2. The van der Waals surface area contributed by atoms with E-state index in [0.29, 0.717) is 23.4 Å². The van der Waals surface area contributed by atoms with Crippen LogP contribution in [0.5, 0.6) is 0 Å². The maximum atomic E-state index is 12.2. The molecule has 0 fully saturated rings. The zero-order valence-electron chi connectivity index (χ0n) is 11.2. The number of aromatic nitrogens is 2. The fraction of sp³-hybridized carbons (Fsp3) is 0.333. The molecule has 5 heteroatoms. The van der Waals surface area contributed by atoms with E-state index in [1.54, 1.807) is 10.8 Å². The highest BCUT2D eigenvalue weighted by Crippen LogP contribution is 2.28. The van der Waals surface area contributed by atoms with E-state index in [1.165, 1.54) is 11.1 Å². The Balaban J connectivity index is 1.98. The third kappa shape index (κ3) is 2.43. The van der Waals surface area contributed by atoms with Crippen molar-refractivity contribution in [1.82, 2.24) is 9.55 Å². The molecule has 1 atom stereocenters. The number of fused-ring (bicyclic) bond motifs is 1. The summed E-state index contributed by atoms with van der Waals surface area (Å²) < 4.78 is 8.00. The van der Waals surface area contributed by atoms with Crippen molar-refractivity contribution in [2.75, 3.05) is 6.61 Å². The smallest absolute Gasteiger partial charge is 0.267 e. The van der Waals surface area contributed by atoms with Gasteiger partial charge < -0.3 is 4.74 Å². The predicted molar refractivity (Wildman–Crippen MR) is 79.8 cm³/mol. The molecule has 2 heterocycles. The maximum Gasteiger partial charge on any atom is 0.267 e. The number of hydrogen-bond donors (Lipinski definition) is 0. The number of nitrogens with zero attached hydrogens (tertiary/aromatic N) is 2. The van der Waals surface area contributed by atoms with Crippen LogP contribution in [0.25, 0.3) is 0 Å². The highest BCUT2D eigenvalue weighted by molar-refractivity contribution is 9.10. The minimum absolute atomic E-state index is 0.0656. The van der Waals surface area contributed by atoms with Crippen LogP contribution in [0.15, 0.2) is 39.7 Å². The van der Waals surface area contributed by atoms with Crippen LogP contribution in [0, 0.1) is 6.92 Å². The standard InChI is InChI=1S/C15H15BrN2O2/c1-10-17-8-13(16)15(19)18(10)9-14-12-5-3-2-4-11(12)6-7-20-14/h2-5,8,14H,6-7,9H2,1H3. The lowest BCUT2D eigenvalue weighted by molar-refractivity contribution is 0.0293. The molecule has 0 saturated heterocycles. The van der Waals surface area contributed by atoms with Crippen LogP contribution in [-0.2, 0) is 17.7 Å². The van der Waals surface area contributed by atoms with Crippen molar-refractivity contribution in [2.45, 2.75) is 26.0 Å². The van der Waals surface area contributed by atoms with Gasteiger partial charge in [-0.1, -0.05) is 24.3 Å². The van der Waals surface area contributed by atoms with Crippen LogP contribution in [0.2, 0.25) is 0 Å². The minimum Gasteiger partial charge on any atom is -0.371 e. The molecule has 0 aliphatic carbocycles. The normalized spacial score (nSPS) is 17.8. The van der Waals surface area contributed by atoms with E-state index < -0.39 is 0 Å². The zero-order chi connectivity index (χ0) is 14.1. The van der Waals surface area contributed by atoms with Gasteiger partial charge in [-0.3, -0.25) is 9.36 Å². The molecule has 1 aromatic carbocycles. The van der Waals surface area contributed by atoms with E-state index in [1.807, 2.05) is 19.1 Å². The quantitative estimate of drug-likeness (QED) is 0.847. The Labute approximate surface area is 125 Å². The van der Waals surface area contributed by atoms with Crippen LogP contribution >= 0.6 is 15.9 Å². The Kier molecular flexibility index (Phi) is 3.72. The second-order valence-electron chi connectivity index (χ2n) is 4.88. The lowest BCUT2D eigenvalue weighted by atomic mass is 9.97. The molecule has 0 amide bonds. The van der Waals surface area contributed by atoms with Crippen LogP contribution in [0.3, 0.4) is 0 Å². The van der Waals surface area contributed by atoms with Crippen LogP contribution in [0.1, 0.15) is 23.1 Å². The first-order chi connectivity index (χ1) is 9.66. The summed E-state index contributed by atoms with van der Waals surface area (Å²) in [6, 6.07) is 8.25. The molecule has 4 nitrogen and oxygen atoms in total. The largest absolute Gasteiger partial charge is 0.371 e. The number of ether oxygens (including phenoxy) is 1. The van der Waals surface area contributed by atoms with E-state index in [9.17, 15) is 4.79 Å². The molecular formula is C15H15BrN2O2. The summed E-state index contributed by atoms with van der Waals surface area (Å²) in [6.45, 7) is 3.02. The topological polar surface area (TPSA) is 44.1 Å². The van der Waals surface area contributed by atoms with Crippen LogP contribution in [-0.4, -0.2) is 16.2 Å². The summed E-state index contributed by atoms with van der Waals surface area (Å²) >= 11 is 3.24. The monoisotopic (exact) mass is 334 g/mol. The SMILES string of the molecule is Cc1ncc(Br)c(=O)n1CC1OCCc2ccccc21. The molecule has 0 N–H and O–H groups in total. The van der Waals surface area contributed by atoms with Crippen molar-refractivity contribution >= 4 is 15.9 Å². The van der Waals surface area contributed by atoms with Crippen molar-refractivity contribution in [1.29, 1.82) is 0 Å². The maximum absolute atomic E-state index is 12.2. The van der Waals surface area contributed by atoms with Gasteiger partial charge in [-0.05, 0) is 40.4 Å². The van der Waals surface area contributed by atoms with Crippen molar-refractivity contribution < 1.29 is 4.74 Å². The number of halogens is 1. The molecule has 3 rings (SSSR count). The first-order valence-corrected chi connectivity index (χ1v) is 7.37. The van der Waals surface area contributed by atoms with E-state index >= 15 is 0 Å². The zero-order valence-corrected chi connectivity index (χ0v) is 12.8. The molecule has 0 radical (unpaired) electrons. The van der Waals surface area contributed by atoms with E-state index in [-0.39, 0.29) is 11.7 Å². The van der Waals surface area contributed by atoms with Crippen LogP contribution < -0.4 is 5.56 Å². The average molecular weight is 335 g/mol. The third-order valence-electron chi connectivity index (χ3n) is 3.65. The lowest BCUT2D eigenvalue weighted by Crippen LogP contribution is -2.29. The number of hydrogen-bond acceptors (Lipinski definition) is 3. The highest BCUT2D eigenvalue weighted by Gasteiger charge is 2.22. The van der Waals surface area contributed by atoms with E-state index in [2.05, 4.69) is 33.0 Å². The second-order valence-corrected chi connectivity index (χ2v) is 5.73. The predicted octanol–water partition coefficient (Wildman–Crippen LogP) is 2.63. The Morgan fingerprint density at radius 3 is 3.10 bits per heavy atom. The molecule has 1 aliphatic heterocycles. The van der Waals surface area contributed by atoms with Crippen LogP contribution in [0.4, 0.5) is 0 Å². The minimum atomic E-state index is -0.0903. The summed E-state index contributed by atoms with van der Waals surface area (Å²) in [4.78, 5) is 16.4. The molecule has 0 saturated carbocycles. The Morgan fingerprint density at radius 2 is 2.25 bits per heavy atom. The molecular weight excluding hydrogens is 320 g/mol. The van der Waals surface area contributed by atoms with Gasteiger partial charge in [0.25, 0.3) is 5.56 Å². The van der Waals surface area contributed by atoms with Gasteiger partial charge in [0.1, 0.15) is 16.4 Å². The highest BCUT2D eigenvalue weighted by atomic mass is 79.9. The molecule has 2 aromatic rings. The second kappa shape index (κ2) is 5.50. The fourth-order valence-electron chi connectivity index (χ4n) is 2.56. The van der Waals surface area contributed by atoms with Gasteiger partial charge in [-0.15, -0.1) is 0 Å². The van der Waals surface area contributed by atoms with Gasteiger partial charge >= 0.3 is 0 Å². The van der Waals surface area contributed by atoms with Crippen molar-refractivity contribution in [3.8, 4) is 0 Å². The number of benzene rings is 1. The first kappa shape index (κ1) is 13.5. The Morgan fingerprint density at radius 1 is 1.45 bits per heavy atom. The van der Waals surface area contributed by atoms with Crippen molar-refractivity contribution in [3.63, 3.8) is 0 Å². The summed E-state index contributed by atoms with van der Waals surface area (Å²) in [5.41, 5.74) is 2.41. The van der Waals surface area contributed by atoms with Crippen molar-refractivity contribution in [3.05, 3.63) is 62.2 Å². The van der Waals surface area contributed by atoms with Crippen molar-refractivity contribution in [2.24, 2.45) is 0 Å². The summed E-state index contributed by atoms with van der Waals surface area (Å²) in [7, 11) is 0. The van der Waals surface area contributed by atoms with E-state index in [0.717, 1.165) is 6.42 Å². The van der Waals surface area contributed by atoms with Gasteiger partial charge in [0.15, 0.2) is 0 Å². The van der Waals surface area contributed by atoms with E-state index in [4.69, 9.17) is 4.74 Å². The Bertz CT molecular complexity index is 697. The summed E-state index contributed by atoms with van der Waals surface area (Å²) in [5, 5.41) is 0. The summed E-state index contributed by atoms with van der Waals surface area (Å²) in [6.07, 6.45) is 2.38. The van der Waals surface area contributed by atoms with Gasteiger partial charge in [-0.2, -0.15) is 0 Å².